The summed E-state index contributed by atoms with van der Waals surface area (Å²) in [6, 6.07) is 6.42. The molecule has 70 valence electrons. The number of nitrogens with zero attached hydrogens (tertiary/aromatic N) is 1. The molecule has 0 amide bonds. The Labute approximate surface area is 95.4 Å². The predicted octanol–water partition coefficient (Wildman–Crippen LogP) is 3.81. The lowest BCUT2D eigenvalue weighted by molar-refractivity contribution is 0.949. The molecule has 1 fully saturated rings. The van der Waals surface area contributed by atoms with Gasteiger partial charge >= 0.3 is 0 Å². The fourth-order valence-electron chi connectivity index (χ4n) is 1.70. The van der Waals surface area contributed by atoms with Crippen LogP contribution in [0, 0.1) is 0 Å². The minimum atomic E-state index is 1.14. The van der Waals surface area contributed by atoms with Gasteiger partial charge in [-0.3, -0.25) is 0 Å². The zero-order chi connectivity index (χ0) is 9.26. The van der Waals surface area contributed by atoms with Gasteiger partial charge in [-0.25, -0.2) is 0 Å². The van der Waals surface area contributed by atoms with Crippen LogP contribution in [0.4, 0.5) is 5.69 Å². The molecule has 0 aliphatic carbocycles. The quantitative estimate of drug-likeness (QED) is 0.762. The molecular weight excluding hydrogens is 294 g/mol. The first-order chi connectivity index (χ1) is 6.25. The molecule has 1 aliphatic rings. The maximum Gasteiger partial charge on any atom is 0.0388 e. The van der Waals surface area contributed by atoms with Gasteiger partial charge in [0, 0.05) is 27.7 Å². The molecule has 2 rings (SSSR count). The second-order valence-corrected chi connectivity index (χ2v) is 5.15. The molecule has 1 heterocycles. The van der Waals surface area contributed by atoms with Crippen LogP contribution in [0.3, 0.4) is 0 Å². The molecule has 3 heteroatoms. The molecule has 1 aromatic rings. The van der Waals surface area contributed by atoms with E-state index >= 15 is 0 Å². The van der Waals surface area contributed by atoms with E-state index in [2.05, 4.69) is 55.0 Å². The van der Waals surface area contributed by atoms with E-state index in [0.717, 1.165) is 8.95 Å². The second kappa shape index (κ2) is 4.01. The minimum Gasteiger partial charge on any atom is -0.371 e. The van der Waals surface area contributed by atoms with Crippen molar-refractivity contribution in [3.05, 3.63) is 27.1 Å². The maximum atomic E-state index is 3.50. The van der Waals surface area contributed by atoms with Crippen molar-refractivity contribution >= 4 is 37.5 Å². The Morgan fingerprint density at radius 3 is 2.00 bits per heavy atom. The van der Waals surface area contributed by atoms with E-state index in [0.29, 0.717) is 0 Å². The summed E-state index contributed by atoms with van der Waals surface area (Å²) in [5.74, 6) is 0. The van der Waals surface area contributed by atoms with Crippen molar-refractivity contribution in [3.8, 4) is 0 Å². The average molecular weight is 305 g/mol. The van der Waals surface area contributed by atoms with Crippen LogP contribution in [0.2, 0.25) is 0 Å². The Morgan fingerprint density at radius 2 is 1.46 bits per heavy atom. The SMILES string of the molecule is Brc1cc(Br)cc(N2CCCC2)c1. The van der Waals surface area contributed by atoms with E-state index in [9.17, 15) is 0 Å². The summed E-state index contributed by atoms with van der Waals surface area (Å²) in [4.78, 5) is 2.43. The molecule has 13 heavy (non-hydrogen) atoms. The van der Waals surface area contributed by atoms with Crippen LogP contribution >= 0.6 is 31.9 Å². The molecule has 1 aliphatic heterocycles. The van der Waals surface area contributed by atoms with Crippen molar-refractivity contribution in [1.82, 2.24) is 0 Å². The van der Waals surface area contributed by atoms with Gasteiger partial charge in [-0.1, -0.05) is 31.9 Å². The van der Waals surface area contributed by atoms with Gasteiger partial charge in [-0.05, 0) is 31.0 Å². The van der Waals surface area contributed by atoms with Crippen LogP contribution in [0.5, 0.6) is 0 Å². The fraction of sp³-hybridized carbons (Fsp3) is 0.400. The summed E-state index contributed by atoms with van der Waals surface area (Å²) in [6.07, 6.45) is 2.65. The molecule has 0 bridgehead atoms. The molecule has 0 unspecified atom stereocenters. The van der Waals surface area contributed by atoms with Crippen molar-refractivity contribution in [3.63, 3.8) is 0 Å². The lowest BCUT2D eigenvalue weighted by Crippen LogP contribution is -2.17. The molecule has 1 nitrogen and oxygen atoms in total. The fourth-order valence-corrected chi connectivity index (χ4v) is 2.97. The molecule has 0 atom stereocenters. The Kier molecular flexibility index (Phi) is 2.94. The largest absolute Gasteiger partial charge is 0.371 e. The van der Waals surface area contributed by atoms with Crippen molar-refractivity contribution < 1.29 is 0 Å². The molecule has 0 spiro atoms. The smallest absolute Gasteiger partial charge is 0.0388 e. The van der Waals surface area contributed by atoms with E-state index in [1.54, 1.807) is 0 Å². The van der Waals surface area contributed by atoms with E-state index in [-0.39, 0.29) is 0 Å². The van der Waals surface area contributed by atoms with Gasteiger partial charge in [0.25, 0.3) is 0 Å². The summed E-state index contributed by atoms with van der Waals surface area (Å²) in [6.45, 7) is 2.39. The molecular formula is C10H11Br2N. The highest BCUT2D eigenvalue weighted by Crippen LogP contribution is 2.28. The third-order valence-corrected chi connectivity index (χ3v) is 3.23. The molecule has 0 N–H and O–H groups in total. The van der Waals surface area contributed by atoms with Gasteiger partial charge in [0.05, 0.1) is 0 Å². The van der Waals surface area contributed by atoms with Crippen molar-refractivity contribution in [2.24, 2.45) is 0 Å². The molecule has 0 radical (unpaired) electrons. The normalized spacial score (nSPS) is 16.6. The van der Waals surface area contributed by atoms with Crippen molar-refractivity contribution in [1.29, 1.82) is 0 Å². The monoisotopic (exact) mass is 303 g/mol. The summed E-state index contributed by atoms with van der Waals surface area (Å²) < 4.78 is 2.28. The number of hydrogen-bond acceptors (Lipinski definition) is 1. The highest BCUT2D eigenvalue weighted by atomic mass is 79.9. The Hall–Kier alpha value is -0.0200. The number of benzene rings is 1. The first kappa shape index (κ1) is 9.53. The van der Waals surface area contributed by atoms with Crippen LogP contribution in [0.1, 0.15) is 12.8 Å². The standard InChI is InChI=1S/C10H11Br2N/c11-8-5-9(12)7-10(6-8)13-3-1-2-4-13/h5-7H,1-4H2. The number of halogens is 2. The van der Waals surface area contributed by atoms with E-state index in [1.807, 2.05) is 0 Å². The topological polar surface area (TPSA) is 3.24 Å². The van der Waals surface area contributed by atoms with Gasteiger partial charge in [0.15, 0.2) is 0 Å². The van der Waals surface area contributed by atoms with Crippen molar-refractivity contribution in [2.45, 2.75) is 12.8 Å². The predicted molar refractivity (Wildman–Crippen MR) is 63.3 cm³/mol. The summed E-state index contributed by atoms with van der Waals surface area (Å²) in [5, 5.41) is 0. The van der Waals surface area contributed by atoms with E-state index in [1.165, 1.54) is 31.6 Å². The third kappa shape index (κ3) is 2.26. The van der Waals surface area contributed by atoms with Gasteiger partial charge in [-0.2, -0.15) is 0 Å². The lowest BCUT2D eigenvalue weighted by atomic mass is 10.3. The maximum absolute atomic E-state index is 3.50. The Bertz CT molecular complexity index is 286. The highest BCUT2D eigenvalue weighted by Gasteiger charge is 2.12. The zero-order valence-electron chi connectivity index (χ0n) is 7.26. The summed E-state index contributed by atoms with van der Waals surface area (Å²) in [5.41, 5.74) is 1.32. The third-order valence-electron chi connectivity index (χ3n) is 2.32. The van der Waals surface area contributed by atoms with Crippen LogP contribution in [0.15, 0.2) is 27.1 Å². The van der Waals surface area contributed by atoms with Crippen LogP contribution < -0.4 is 4.90 Å². The van der Waals surface area contributed by atoms with E-state index < -0.39 is 0 Å². The highest BCUT2D eigenvalue weighted by molar-refractivity contribution is 9.11. The first-order valence-electron chi connectivity index (χ1n) is 4.47. The summed E-state index contributed by atoms with van der Waals surface area (Å²) >= 11 is 7.01. The average Bonchev–Trinajstić information content (AvgIpc) is 2.53. The van der Waals surface area contributed by atoms with Crippen molar-refractivity contribution in [2.75, 3.05) is 18.0 Å². The van der Waals surface area contributed by atoms with Crippen LogP contribution in [-0.4, -0.2) is 13.1 Å². The molecule has 0 saturated carbocycles. The number of rotatable bonds is 1. The number of anilines is 1. The van der Waals surface area contributed by atoms with Gasteiger partial charge in [0.1, 0.15) is 0 Å². The van der Waals surface area contributed by atoms with Gasteiger partial charge in [-0.15, -0.1) is 0 Å². The zero-order valence-corrected chi connectivity index (χ0v) is 10.4. The minimum absolute atomic E-state index is 1.14. The van der Waals surface area contributed by atoms with E-state index in [4.69, 9.17) is 0 Å². The molecule has 1 saturated heterocycles. The van der Waals surface area contributed by atoms with Gasteiger partial charge in [0.2, 0.25) is 0 Å². The van der Waals surface area contributed by atoms with Crippen LogP contribution in [-0.2, 0) is 0 Å². The first-order valence-corrected chi connectivity index (χ1v) is 6.05. The summed E-state index contributed by atoms with van der Waals surface area (Å²) in [7, 11) is 0. The Morgan fingerprint density at radius 1 is 0.923 bits per heavy atom. The second-order valence-electron chi connectivity index (χ2n) is 3.32. The molecule has 0 aromatic heterocycles. The molecule has 1 aromatic carbocycles. The lowest BCUT2D eigenvalue weighted by Gasteiger charge is -2.18. The van der Waals surface area contributed by atoms with Gasteiger partial charge < -0.3 is 4.90 Å². The van der Waals surface area contributed by atoms with Crippen LogP contribution in [0.25, 0.3) is 0 Å². The number of hydrogen-bond donors (Lipinski definition) is 0. The Balaban J connectivity index is 2.28.